The molecule has 2 rings (SSSR count). The first kappa shape index (κ1) is 12.5. The lowest BCUT2D eigenvalue weighted by atomic mass is 10.1. The molecule has 92 valence electrons. The van der Waals surface area contributed by atoms with E-state index < -0.39 is 0 Å². The molecule has 2 aromatic rings. The van der Waals surface area contributed by atoms with Crippen LogP contribution < -0.4 is 11.1 Å². The zero-order chi connectivity index (χ0) is 13.0. The molecule has 0 aliphatic heterocycles. The number of aromatic nitrogens is 1. The number of nitrogens with one attached hydrogen (secondary N) is 1. The zero-order valence-electron chi connectivity index (χ0n) is 10.2. The molecule has 4 heteroatoms. The summed E-state index contributed by atoms with van der Waals surface area (Å²) in [6.45, 7) is 2.80. The van der Waals surface area contributed by atoms with Crippen LogP contribution in [0.3, 0.4) is 0 Å². The molecule has 0 radical (unpaired) electrons. The number of hydrogen-bond acceptors (Lipinski definition) is 3. The summed E-state index contributed by atoms with van der Waals surface area (Å²) < 4.78 is 0. The van der Waals surface area contributed by atoms with E-state index in [1.807, 2.05) is 12.1 Å². The highest BCUT2D eigenvalue weighted by atomic mass is 32.1. The van der Waals surface area contributed by atoms with Gasteiger partial charge >= 0.3 is 0 Å². The van der Waals surface area contributed by atoms with Crippen LogP contribution in [0.2, 0.25) is 0 Å². The third kappa shape index (κ3) is 3.05. The fourth-order valence-corrected chi connectivity index (χ4v) is 1.81. The number of nitrogens with two attached hydrogens (primary N) is 1. The van der Waals surface area contributed by atoms with E-state index in [1.54, 1.807) is 6.20 Å². The predicted molar refractivity (Wildman–Crippen MR) is 78.6 cm³/mol. The molecule has 3 nitrogen and oxygen atoms in total. The van der Waals surface area contributed by atoms with Crippen molar-refractivity contribution in [3.63, 3.8) is 0 Å². The summed E-state index contributed by atoms with van der Waals surface area (Å²) in [4.78, 5) is 4.48. The highest BCUT2D eigenvalue weighted by Crippen LogP contribution is 2.13. The number of aryl methyl sites for hydroxylation is 1. The topological polar surface area (TPSA) is 50.9 Å². The van der Waals surface area contributed by atoms with Gasteiger partial charge in [-0.3, -0.25) is 4.98 Å². The quantitative estimate of drug-likeness (QED) is 0.827. The predicted octanol–water partition coefficient (Wildman–Crippen LogP) is 2.64. The normalized spacial score (nSPS) is 10.1. The summed E-state index contributed by atoms with van der Waals surface area (Å²) >= 11 is 4.97. The second-order valence-corrected chi connectivity index (χ2v) is 4.54. The number of anilines is 1. The molecule has 0 fully saturated rings. The second-order valence-electron chi connectivity index (χ2n) is 4.10. The van der Waals surface area contributed by atoms with Crippen molar-refractivity contribution in [3.8, 4) is 0 Å². The number of hydrogen-bond donors (Lipinski definition) is 2. The Hall–Kier alpha value is -1.94. The van der Waals surface area contributed by atoms with Gasteiger partial charge in [0.2, 0.25) is 0 Å². The number of nitrogens with zero attached hydrogens (tertiary/aromatic N) is 1. The Morgan fingerprint density at radius 1 is 1.28 bits per heavy atom. The molecule has 3 N–H and O–H groups in total. The fourth-order valence-electron chi connectivity index (χ4n) is 1.65. The van der Waals surface area contributed by atoms with Gasteiger partial charge in [0.15, 0.2) is 0 Å². The van der Waals surface area contributed by atoms with Gasteiger partial charge in [0.25, 0.3) is 0 Å². The molecule has 0 aliphatic rings. The molecule has 0 spiro atoms. The molecular formula is C14H15N3S. The van der Waals surface area contributed by atoms with Crippen molar-refractivity contribution in [2.75, 3.05) is 5.32 Å². The summed E-state index contributed by atoms with van der Waals surface area (Å²) in [5.41, 5.74) is 9.60. The lowest BCUT2D eigenvalue weighted by molar-refractivity contribution is 1.13. The van der Waals surface area contributed by atoms with Gasteiger partial charge in [-0.15, -0.1) is 0 Å². The van der Waals surface area contributed by atoms with Gasteiger partial charge in [-0.1, -0.05) is 42.0 Å². The van der Waals surface area contributed by atoms with E-state index in [2.05, 4.69) is 41.5 Å². The van der Waals surface area contributed by atoms with Crippen molar-refractivity contribution in [2.45, 2.75) is 13.5 Å². The molecule has 18 heavy (non-hydrogen) atoms. The summed E-state index contributed by atoms with van der Waals surface area (Å²) in [6.07, 6.45) is 1.69. The van der Waals surface area contributed by atoms with Gasteiger partial charge in [0.1, 0.15) is 10.7 Å². The van der Waals surface area contributed by atoms with Crippen molar-refractivity contribution < 1.29 is 0 Å². The smallest absolute Gasteiger partial charge is 0.124 e. The molecule has 0 unspecified atom stereocenters. The van der Waals surface area contributed by atoms with E-state index in [9.17, 15) is 0 Å². The SMILES string of the molecule is Cc1ccc(CNc2cccnc2C(N)=S)cc1. The molecule has 0 bridgehead atoms. The first-order chi connectivity index (χ1) is 8.66. The lowest BCUT2D eigenvalue weighted by Gasteiger charge is -2.10. The van der Waals surface area contributed by atoms with Crippen LogP contribution in [0.25, 0.3) is 0 Å². The van der Waals surface area contributed by atoms with Gasteiger partial charge in [-0.2, -0.15) is 0 Å². The summed E-state index contributed by atoms with van der Waals surface area (Å²) in [7, 11) is 0. The van der Waals surface area contributed by atoms with Crippen LogP contribution in [0.1, 0.15) is 16.8 Å². The van der Waals surface area contributed by atoms with E-state index >= 15 is 0 Å². The summed E-state index contributed by atoms with van der Waals surface area (Å²) in [5, 5.41) is 3.30. The van der Waals surface area contributed by atoms with Crippen LogP contribution in [0.5, 0.6) is 0 Å². The number of thiocarbonyl (C=S) groups is 1. The van der Waals surface area contributed by atoms with Crippen molar-refractivity contribution >= 4 is 22.9 Å². The third-order valence-corrected chi connectivity index (χ3v) is 2.84. The van der Waals surface area contributed by atoms with E-state index in [-0.39, 0.29) is 0 Å². The number of rotatable bonds is 4. The first-order valence-electron chi connectivity index (χ1n) is 5.71. The molecular weight excluding hydrogens is 242 g/mol. The standard InChI is InChI=1S/C14H15N3S/c1-10-4-6-11(7-5-10)9-17-12-3-2-8-16-13(12)14(15)18/h2-8,17H,9H2,1H3,(H2,15,18). The van der Waals surface area contributed by atoms with Gasteiger partial charge in [0.05, 0.1) is 5.69 Å². The van der Waals surface area contributed by atoms with Crippen LogP contribution in [-0.2, 0) is 6.54 Å². The fraction of sp³-hybridized carbons (Fsp3) is 0.143. The van der Waals surface area contributed by atoms with Crippen molar-refractivity contribution in [1.82, 2.24) is 4.98 Å². The maximum Gasteiger partial charge on any atom is 0.124 e. The van der Waals surface area contributed by atoms with E-state index in [4.69, 9.17) is 18.0 Å². The molecule has 0 saturated carbocycles. The van der Waals surface area contributed by atoms with Gasteiger partial charge in [-0.25, -0.2) is 0 Å². The van der Waals surface area contributed by atoms with Gasteiger partial charge in [-0.05, 0) is 24.6 Å². The Morgan fingerprint density at radius 2 is 2.00 bits per heavy atom. The average molecular weight is 257 g/mol. The Kier molecular flexibility index (Phi) is 3.89. The Morgan fingerprint density at radius 3 is 2.67 bits per heavy atom. The monoisotopic (exact) mass is 257 g/mol. The molecule has 1 aromatic heterocycles. The van der Waals surface area contributed by atoms with Gasteiger partial charge < -0.3 is 11.1 Å². The second kappa shape index (κ2) is 5.60. The number of pyridine rings is 1. The average Bonchev–Trinajstić information content (AvgIpc) is 2.38. The van der Waals surface area contributed by atoms with Crippen LogP contribution in [0.4, 0.5) is 5.69 Å². The molecule has 1 aromatic carbocycles. The third-order valence-electron chi connectivity index (χ3n) is 2.64. The Balaban J connectivity index is 2.10. The van der Waals surface area contributed by atoms with Crippen LogP contribution in [0.15, 0.2) is 42.6 Å². The van der Waals surface area contributed by atoms with Crippen molar-refractivity contribution in [2.24, 2.45) is 5.73 Å². The highest BCUT2D eigenvalue weighted by Gasteiger charge is 2.05. The molecule has 0 saturated heterocycles. The zero-order valence-corrected chi connectivity index (χ0v) is 11.0. The lowest BCUT2D eigenvalue weighted by Crippen LogP contribution is -2.15. The van der Waals surface area contributed by atoms with E-state index in [1.165, 1.54) is 11.1 Å². The van der Waals surface area contributed by atoms with Crippen molar-refractivity contribution in [1.29, 1.82) is 0 Å². The molecule has 0 amide bonds. The van der Waals surface area contributed by atoms with Crippen LogP contribution in [0, 0.1) is 6.92 Å². The highest BCUT2D eigenvalue weighted by molar-refractivity contribution is 7.80. The summed E-state index contributed by atoms with van der Waals surface area (Å²) in [5.74, 6) is 0. The minimum atomic E-state index is 0.307. The maximum absolute atomic E-state index is 5.63. The van der Waals surface area contributed by atoms with E-state index in [0.29, 0.717) is 10.7 Å². The minimum absolute atomic E-state index is 0.307. The van der Waals surface area contributed by atoms with E-state index in [0.717, 1.165) is 12.2 Å². The number of benzene rings is 1. The minimum Gasteiger partial charge on any atom is -0.388 e. The molecule has 1 heterocycles. The summed E-state index contributed by atoms with van der Waals surface area (Å²) in [6, 6.07) is 12.2. The van der Waals surface area contributed by atoms with Crippen molar-refractivity contribution in [3.05, 3.63) is 59.4 Å². The maximum atomic E-state index is 5.63. The molecule has 0 atom stereocenters. The largest absolute Gasteiger partial charge is 0.388 e. The molecule has 0 aliphatic carbocycles. The first-order valence-corrected chi connectivity index (χ1v) is 6.12. The Bertz CT molecular complexity index is 549. The van der Waals surface area contributed by atoms with Crippen LogP contribution >= 0.6 is 12.2 Å². The van der Waals surface area contributed by atoms with Crippen LogP contribution in [-0.4, -0.2) is 9.97 Å². The Labute approximate surface area is 112 Å². The van der Waals surface area contributed by atoms with Gasteiger partial charge in [0, 0.05) is 12.7 Å².